The van der Waals surface area contributed by atoms with Crippen LogP contribution in [0.4, 0.5) is 4.39 Å². The Labute approximate surface area is 115 Å². The molecule has 3 unspecified atom stereocenters. The Bertz CT molecular complexity index is 447. The molecule has 0 aliphatic heterocycles. The van der Waals surface area contributed by atoms with E-state index in [2.05, 4.69) is 12.2 Å². The number of rotatable bonds is 5. The van der Waals surface area contributed by atoms with E-state index in [9.17, 15) is 4.39 Å². The van der Waals surface area contributed by atoms with Gasteiger partial charge < -0.3 is 5.32 Å². The Kier molecular flexibility index (Phi) is 3.62. The van der Waals surface area contributed by atoms with Gasteiger partial charge in [0.2, 0.25) is 0 Å². The Morgan fingerprint density at radius 3 is 2.63 bits per heavy atom. The predicted molar refractivity (Wildman–Crippen MR) is 76.6 cm³/mol. The molecule has 0 aromatic heterocycles. The third kappa shape index (κ3) is 2.84. The number of nitrogens with one attached hydrogen (secondary N) is 1. The number of halogens is 1. The molecule has 0 radical (unpaired) electrons. The average Bonchev–Trinajstić information content (AvgIpc) is 2.98. The minimum atomic E-state index is -0.122. The van der Waals surface area contributed by atoms with E-state index in [1.807, 2.05) is 13.0 Å². The van der Waals surface area contributed by atoms with Crippen LogP contribution in [0, 0.1) is 30.5 Å². The van der Waals surface area contributed by atoms with Crippen LogP contribution in [0.2, 0.25) is 0 Å². The molecule has 0 amide bonds. The van der Waals surface area contributed by atoms with Crippen LogP contribution in [-0.4, -0.2) is 12.6 Å². The fraction of sp³-hybridized carbons (Fsp3) is 0.647. The van der Waals surface area contributed by atoms with E-state index in [1.165, 1.54) is 24.8 Å². The Balaban J connectivity index is 1.69. The predicted octanol–water partition coefficient (Wildman–Crippen LogP) is 3.70. The van der Waals surface area contributed by atoms with E-state index in [-0.39, 0.29) is 5.82 Å². The van der Waals surface area contributed by atoms with Crippen molar-refractivity contribution in [3.63, 3.8) is 0 Å². The van der Waals surface area contributed by atoms with Gasteiger partial charge in [-0.15, -0.1) is 0 Å². The van der Waals surface area contributed by atoms with Gasteiger partial charge in [0.05, 0.1) is 0 Å². The maximum absolute atomic E-state index is 13.2. The normalized spacial score (nSPS) is 30.2. The highest BCUT2D eigenvalue weighted by atomic mass is 19.1. The van der Waals surface area contributed by atoms with Crippen molar-refractivity contribution in [2.45, 2.75) is 45.6 Å². The van der Waals surface area contributed by atoms with E-state index in [0.717, 1.165) is 36.3 Å². The number of hydrogen-bond acceptors (Lipinski definition) is 1. The summed E-state index contributed by atoms with van der Waals surface area (Å²) in [7, 11) is 0. The van der Waals surface area contributed by atoms with Crippen LogP contribution in [0.3, 0.4) is 0 Å². The maximum atomic E-state index is 13.2. The molecule has 2 aliphatic rings. The summed E-state index contributed by atoms with van der Waals surface area (Å²) in [5.41, 5.74) is 2.39. The van der Waals surface area contributed by atoms with Gasteiger partial charge in [-0.25, -0.2) is 4.39 Å². The van der Waals surface area contributed by atoms with Crippen molar-refractivity contribution in [3.05, 3.63) is 35.1 Å². The quantitative estimate of drug-likeness (QED) is 0.852. The van der Waals surface area contributed by atoms with Gasteiger partial charge in [-0.1, -0.05) is 13.0 Å². The molecule has 0 spiro atoms. The Morgan fingerprint density at radius 2 is 2.00 bits per heavy atom. The molecule has 0 heterocycles. The Morgan fingerprint density at radius 1 is 1.26 bits per heavy atom. The molecule has 2 heteroatoms. The highest BCUT2D eigenvalue weighted by Gasteiger charge is 2.47. The van der Waals surface area contributed by atoms with Crippen molar-refractivity contribution in [2.24, 2.45) is 17.8 Å². The molecule has 3 rings (SSSR count). The molecule has 2 aliphatic carbocycles. The fourth-order valence-corrected chi connectivity index (χ4v) is 3.88. The zero-order chi connectivity index (χ0) is 13.4. The summed E-state index contributed by atoms with van der Waals surface area (Å²) in [6.07, 6.45) is 5.33. The summed E-state index contributed by atoms with van der Waals surface area (Å²) in [6.45, 7) is 5.23. The summed E-state index contributed by atoms with van der Waals surface area (Å²) in [5.74, 6) is 2.76. The molecule has 19 heavy (non-hydrogen) atoms. The number of fused-ring (bicyclic) bond motifs is 1. The molecule has 1 nitrogen and oxygen atoms in total. The van der Waals surface area contributed by atoms with Crippen molar-refractivity contribution in [3.8, 4) is 0 Å². The van der Waals surface area contributed by atoms with E-state index >= 15 is 0 Å². The largest absolute Gasteiger partial charge is 0.314 e. The van der Waals surface area contributed by atoms with Crippen LogP contribution in [0.1, 0.15) is 37.3 Å². The molecule has 104 valence electrons. The lowest BCUT2D eigenvalue weighted by Crippen LogP contribution is -2.37. The van der Waals surface area contributed by atoms with Crippen molar-refractivity contribution in [1.29, 1.82) is 0 Å². The first kappa shape index (κ1) is 13.1. The molecule has 1 aromatic rings. The molecule has 2 saturated carbocycles. The van der Waals surface area contributed by atoms with Crippen LogP contribution in [0.5, 0.6) is 0 Å². The minimum Gasteiger partial charge on any atom is -0.314 e. The summed E-state index contributed by atoms with van der Waals surface area (Å²) < 4.78 is 13.2. The molecule has 3 atom stereocenters. The van der Waals surface area contributed by atoms with Crippen LogP contribution >= 0.6 is 0 Å². The second-order valence-electron chi connectivity index (χ2n) is 6.43. The van der Waals surface area contributed by atoms with Crippen LogP contribution in [0.25, 0.3) is 0 Å². The third-order valence-electron chi connectivity index (χ3n) is 5.06. The van der Waals surface area contributed by atoms with E-state index in [0.29, 0.717) is 6.04 Å². The van der Waals surface area contributed by atoms with Gasteiger partial charge >= 0.3 is 0 Å². The number of likely N-dealkylation sites (N-methyl/N-ethyl adjacent to an activating group) is 1. The lowest BCUT2D eigenvalue weighted by Gasteiger charge is -2.26. The molecule has 0 bridgehead atoms. The first-order valence-corrected chi connectivity index (χ1v) is 7.65. The standard InChI is InChI=1S/C17H24FN/c1-3-19-17(15-8-13-7-14(13)9-15)10-12-4-5-16(18)6-11(12)2/h4-6,13-15,17,19H,3,7-10H2,1-2H3. The van der Waals surface area contributed by atoms with Crippen molar-refractivity contribution in [1.82, 2.24) is 5.32 Å². The van der Waals surface area contributed by atoms with Gasteiger partial charge in [-0.2, -0.15) is 0 Å². The van der Waals surface area contributed by atoms with Crippen molar-refractivity contribution < 1.29 is 4.39 Å². The smallest absolute Gasteiger partial charge is 0.123 e. The summed E-state index contributed by atoms with van der Waals surface area (Å²) in [4.78, 5) is 0. The molecule has 0 saturated heterocycles. The molecule has 1 aromatic carbocycles. The van der Waals surface area contributed by atoms with Gasteiger partial charge in [0.15, 0.2) is 0 Å². The second kappa shape index (κ2) is 5.24. The summed E-state index contributed by atoms with van der Waals surface area (Å²) in [6, 6.07) is 5.79. The van der Waals surface area contributed by atoms with Crippen molar-refractivity contribution >= 4 is 0 Å². The van der Waals surface area contributed by atoms with Gasteiger partial charge in [-0.05, 0) is 80.2 Å². The average molecular weight is 261 g/mol. The number of hydrogen-bond donors (Lipinski definition) is 1. The van der Waals surface area contributed by atoms with Gasteiger partial charge in [0, 0.05) is 6.04 Å². The van der Waals surface area contributed by atoms with Gasteiger partial charge in [0.1, 0.15) is 5.82 Å². The van der Waals surface area contributed by atoms with Crippen LogP contribution < -0.4 is 5.32 Å². The summed E-state index contributed by atoms with van der Waals surface area (Å²) in [5, 5.41) is 3.66. The van der Waals surface area contributed by atoms with Crippen molar-refractivity contribution in [2.75, 3.05) is 6.54 Å². The van der Waals surface area contributed by atoms with Gasteiger partial charge in [-0.3, -0.25) is 0 Å². The summed E-state index contributed by atoms with van der Waals surface area (Å²) >= 11 is 0. The first-order valence-electron chi connectivity index (χ1n) is 7.65. The highest BCUT2D eigenvalue weighted by molar-refractivity contribution is 5.27. The molecule has 2 fully saturated rings. The third-order valence-corrected chi connectivity index (χ3v) is 5.06. The lowest BCUT2D eigenvalue weighted by molar-refractivity contribution is 0.336. The van der Waals surface area contributed by atoms with E-state index < -0.39 is 0 Å². The second-order valence-corrected chi connectivity index (χ2v) is 6.43. The number of aryl methyl sites for hydroxylation is 1. The van der Waals surface area contributed by atoms with Crippen LogP contribution in [-0.2, 0) is 6.42 Å². The fourth-order valence-electron chi connectivity index (χ4n) is 3.88. The maximum Gasteiger partial charge on any atom is 0.123 e. The molecular formula is C17H24FN. The minimum absolute atomic E-state index is 0.122. The first-order chi connectivity index (χ1) is 9.17. The van der Waals surface area contributed by atoms with Crippen LogP contribution in [0.15, 0.2) is 18.2 Å². The number of benzene rings is 1. The van der Waals surface area contributed by atoms with E-state index in [1.54, 1.807) is 12.1 Å². The molecular weight excluding hydrogens is 237 g/mol. The monoisotopic (exact) mass is 261 g/mol. The lowest BCUT2D eigenvalue weighted by atomic mass is 9.88. The van der Waals surface area contributed by atoms with Gasteiger partial charge in [0.25, 0.3) is 0 Å². The SMILES string of the molecule is CCNC(Cc1ccc(F)cc1C)C1CC2CC2C1. The Hall–Kier alpha value is -0.890. The molecule has 1 N–H and O–H groups in total. The topological polar surface area (TPSA) is 12.0 Å². The highest BCUT2D eigenvalue weighted by Crippen LogP contribution is 2.55. The van der Waals surface area contributed by atoms with E-state index in [4.69, 9.17) is 0 Å². The zero-order valence-corrected chi connectivity index (χ0v) is 12.0. The zero-order valence-electron chi connectivity index (χ0n) is 12.0.